The molecule has 4 aliphatic rings. The van der Waals surface area contributed by atoms with Crippen LogP contribution in [0.15, 0.2) is 65.8 Å². The fourth-order valence-corrected chi connectivity index (χ4v) is 4.95. The molecule has 1 saturated carbocycles. The van der Waals surface area contributed by atoms with Gasteiger partial charge >= 0.3 is 0 Å². The molecular weight excluding hydrogens is 284 g/mol. The van der Waals surface area contributed by atoms with Gasteiger partial charge in [-0.25, -0.2) is 0 Å². The van der Waals surface area contributed by atoms with Crippen LogP contribution in [0.5, 0.6) is 0 Å². The van der Waals surface area contributed by atoms with Crippen molar-refractivity contribution in [3.05, 3.63) is 71.3 Å². The lowest BCUT2D eigenvalue weighted by Gasteiger charge is -2.54. The summed E-state index contributed by atoms with van der Waals surface area (Å²) < 4.78 is 6.34. The number of rotatable bonds is 2. The van der Waals surface area contributed by atoms with Crippen molar-refractivity contribution in [2.45, 2.75) is 43.3 Å². The van der Waals surface area contributed by atoms with Gasteiger partial charge in [0.1, 0.15) is 6.10 Å². The molecule has 0 radical (unpaired) electrons. The van der Waals surface area contributed by atoms with Crippen LogP contribution >= 0.6 is 0 Å². The predicted molar refractivity (Wildman–Crippen MR) is 89.1 cm³/mol. The van der Waals surface area contributed by atoms with E-state index in [0.29, 0.717) is 5.92 Å². The number of hydrogen-bond acceptors (Lipinski definition) is 2. The van der Waals surface area contributed by atoms with Crippen molar-refractivity contribution in [2.75, 3.05) is 0 Å². The largest absolute Gasteiger partial charge is 0.357 e. The Morgan fingerprint density at radius 1 is 1.09 bits per heavy atom. The van der Waals surface area contributed by atoms with Crippen LogP contribution in [0.3, 0.4) is 0 Å². The molecule has 0 amide bonds. The number of ether oxygens (including phenoxy) is 1. The van der Waals surface area contributed by atoms with Crippen LogP contribution in [-0.4, -0.2) is 18.0 Å². The molecule has 0 saturated heterocycles. The van der Waals surface area contributed by atoms with Crippen LogP contribution < -0.4 is 0 Å². The first kappa shape index (κ1) is 13.5. The molecule has 2 nitrogen and oxygen atoms in total. The van der Waals surface area contributed by atoms with Crippen molar-refractivity contribution >= 4 is 5.78 Å². The van der Waals surface area contributed by atoms with Gasteiger partial charge < -0.3 is 4.74 Å². The summed E-state index contributed by atoms with van der Waals surface area (Å²) in [6.45, 7) is 0. The first-order chi connectivity index (χ1) is 11.3. The molecule has 0 spiro atoms. The number of fused-ring (bicyclic) bond motifs is 3. The summed E-state index contributed by atoms with van der Waals surface area (Å²) in [6.07, 6.45) is 12.5. The highest BCUT2D eigenvalue weighted by atomic mass is 16.5. The monoisotopic (exact) mass is 304 g/mol. The minimum Gasteiger partial charge on any atom is -0.357 e. The third-order valence-electron chi connectivity index (χ3n) is 6.16. The highest BCUT2D eigenvalue weighted by Gasteiger charge is 2.57. The number of hydrogen-bond donors (Lipinski definition) is 0. The number of carbonyl (C=O) groups excluding carboxylic acids is 1. The van der Waals surface area contributed by atoms with E-state index in [9.17, 15) is 4.79 Å². The highest BCUT2D eigenvalue weighted by Crippen LogP contribution is 2.57. The van der Waals surface area contributed by atoms with Crippen molar-refractivity contribution in [2.24, 2.45) is 5.92 Å². The molecule has 2 aliphatic carbocycles. The highest BCUT2D eigenvalue weighted by molar-refractivity contribution is 5.97. The third-order valence-corrected chi connectivity index (χ3v) is 6.16. The zero-order chi connectivity index (χ0) is 15.4. The fraction of sp³-hybridized carbons (Fsp3) is 0.381. The third kappa shape index (κ3) is 1.65. The van der Waals surface area contributed by atoms with Gasteiger partial charge in [0.2, 0.25) is 0 Å². The van der Waals surface area contributed by atoms with Crippen LogP contribution in [0.2, 0.25) is 0 Å². The molecule has 2 aliphatic heterocycles. The Kier molecular flexibility index (Phi) is 2.81. The fourth-order valence-electron chi connectivity index (χ4n) is 4.95. The number of benzene rings is 1. The Balaban J connectivity index is 1.79. The van der Waals surface area contributed by atoms with Crippen molar-refractivity contribution in [1.82, 2.24) is 0 Å². The maximum absolute atomic E-state index is 12.3. The number of carbonyl (C=O) groups is 1. The molecule has 1 aromatic rings. The normalized spacial score (nSPS) is 35.4. The molecule has 0 N–H and O–H groups in total. The molecule has 1 fully saturated rings. The van der Waals surface area contributed by atoms with E-state index < -0.39 is 0 Å². The van der Waals surface area contributed by atoms with Crippen molar-refractivity contribution in [3.63, 3.8) is 0 Å². The summed E-state index contributed by atoms with van der Waals surface area (Å²) in [7, 11) is 0. The summed E-state index contributed by atoms with van der Waals surface area (Å²) in [6, 6.07) is 10.8. The lowest BCUT2D eigenvalue weighted by atomic mass is 9.54. The Morgan fingerprint density at radius 3 is 2.65 bits per heavy atom. The predicted octanol–water partition coefficient (Wildman–Crippen LogP) is 3.89. The smallest absolute Gasteiger partial charge is 0.188 e. The zero-order valence-electron chi connectivity index (χ0n) is 13.1. The topological polar surface area (TPSA) is 26.3 Å². The minimum atomic E-state index is -0.355. The molecule has 2 heteroatoms. The van der Waals surface area contributed by atoms with Gasteiger partial charge in [-0.15, -0.1) is 0 Å². The maximum atomic E-state index is 12.3. The molecule has 2 bridgehead atoms. The molecular formula is C21H20O2. The SMILES string of the molecule is O=C1C=C[C@H]2O[C@@H]1C1=C(C=CC1)C2(c1ccccc1)C1CCC1. The average Bonchev–Trinajstić information content (AvgIpc) is 3.02. The van der Waals surface area contributed by atoms with Crippen LogP contribution in [0.4, 0.5) is 0 Å². The van der Waals surface area contributed by atoms with E-state index >= 15 is 0 Å². The lowest BCUT2D eigenvalue weighted by molar-refractivity contribution is -0.133. The van der Waals surface area contributed by atoms with E-state index in [-0.39, 0.29) is 23.4 Å². The first-order valence-corrected chi connectivity index (χ1v) is 8.65. The molecule has 1 aromatic carbocycles. The second-order valence-corrected chi connectivity index (χ2v) is 7.11. The van der Waals surface area contributed by atoms with E-state index in [1.165, 1.54) is 36.0 Å². The quantitative estimate of drug-likeness (QED) is 0.828. The van der Waals surface area contributed by atoms with Gasteiger partial charge in [-0.05, 0) is 48.0 Å². The van der Waals surface area contributed by atoms with Crippen molar-refractivity contribution in [1.29, 1.82) is 0 Å². The van der Waals surface area contributed by atoms with Gasteiger partial charge in [-0.1, -0.05) is 55.0 Å². The zero-order valence-corrected chi connectivity index (χ0v) is 13.1. The maximum Gasteiger partial charge on any atom is 0.188 e. The molecule has 2 heterocycles. The van der Waals surface area contributed by atoms with E-state index in [1.807, 2.05) is 6.08 Å². The van der Waals surface area contributed by atoms with Crippen LogP contribution in [-0.2, 0) is 14.9 Å². The van der Waals surface area contributed by atoms with Crippen molar-refractivity contribution in [3.8, 4) is 0 Å². The summed E-state index contributed by atoms with van der Waals surface area (Å²) in [5.41, 5.74) is 3.79. The van der Waals surface area contributed by atoms with Gasteiger partial charge in [0.05, 0.1) is 11.5 Å². The standard InChI is InChI=1S/C21H20O2/c22-18-12-13-19-21(15-8-4-9-15,14-6-2-1-3-7-14)17-11-5-10-16(17)20(18)23-19/h1-3,5-7,11-13,15,19-20H,4,8-10H2/t19-,20-,21?/m1/s1. The first-order valence-electron chi connectivity index (χ1n) is 8.65. The van der Waals surface area contributed by atoms with Gasteiger partial charge in [0.25, 0.3) is 0 Å². The molecule has 0 aromatic heterocycles. The van der Waals surface area contributed by atoms with Gasteiger partial charge in [-0.2, -0.15) is 0 Å². The van der Waals surface area contributed by atoms with Crippen LogP contribution in [0, 0.1) is 5.92 Å². The van der Waals surface area contributed by atoms with E-state index in [4.69, 9.17) is 4.74 Å². The Morgan fingerprint density at radius 2 is 1.91 bits per heavy atom. The second kappa shape index (κ2) is 4.78. The Bertz CT molecular complexity index is 751. The van der Waals surface area contributed by atoms with Gasteiger partial charge in [0, 0.05) is 0 Å². The lowest BCUT2D eigenvalue weighted by Crippen LogP contribution is -2.56. The molecule has 23 heavy (non-hydrogen) atoms. The van der Waals surface area contributed by atoms with E-state index in [2.05, 4.69) is 42.5 Å². The molecule has 5 rings (SSSR count). The summed E-state index contributed by atoms with van der Waals surface area (Å²) >= 11 is 0. The molecule has 1 unspecified atom stereocenters. The summed E-state index contributed by atoms with van der Waals surface area (Å²) in [4.78, 5) is 12.3. The molecule has 3 atom stereocenters. The van der Waals surface area contributed by atoms with Crippen LogP contribution in [0.1, 0.15) is 31.2 Å². The Labute approximate surface area is 136 Å². The van der Waals surface area contributed by atoms with Gasteiger partial charge in [-0.3, -0.25) is 4.79 Å². The Hall–Kier alpha value is -1.93. The average molecular weight is 304 g/mol. The summed E-state index contributed by atoms with van der Waals surface area (Å²) in [5, 5.41) is 0. The van der Waals surface area contributed by atoms with Crippen LogP contribution in [0.25, 0.3) is 0 Å². The second-order valence-electron chi connectivity index (χ2n) is 7.11. The van der Waals surface area contributed by atoms with Crippen molar-refractivity contribution < 1.29 is 9.53 Å². The summed E-state index contributed by atoms with van der Waals surface area (Å²) in [5.74, 6) is 0.703. The minimum absolute atomic E-state index is 0.0283. The number of ketones is 1. The van der Waals surface area contributed by atoms with Gasteiger partial charge in [0.15, 0.2) is 5.78 Å². The molecule has 116 valence electrons. The number of allylic oxidation sites excluding steroid dienone is 2. The van der Waals surface area contributed by atoms with E-state index in [1.54, 1.807) is 6.08 Å². The van der Waals surface area contributed by atoms with E-state index in [0.717, 1.165) is 6.42 Å².